The van der Waals surface area contributed by atoms with E-state index >= 15 is 0 Å². The summed E-state index contributed by atoms with van der Waals surface area (Å²) in [7, 11) is 1.61. The predicted octanol–water partition coefficient (Wildman–Crippen LogP) is 2.58. The summed E-state index contributed by atoms with van der Waals surface area (Å²) >= 11 is 0. The van der Waals surface area contributed by atoms with E-state index in [4.69, 9.17) is 4.74 Å². The molecule has 0 bridgehead atoms. The van der Waals surface area contributed by atoms with Gasteiger partial charge in [-0.15, -0.1) is 0 Å². The van der Waals surface area contributed by atoms with Crippen LogP contribution in [0.5, 0.6) is 5.75 Å². The molecular weight excluding hydrogens is 292 g/mol. The molecule has 1 N–H and O–H groups in total. The molecule has 0 unspecified atom stereocenters. The number of hydrogen-bond acceptors (Lipinski definition) is 4. The Kier molecular flexibility index (Phi) is 2.90. The van der Waals surface area contributed by atoms with Crippen LogP contribution in [0.25, 0.3) is 27.5 Å². The highest BCUT2D eigenvalue weighted by molar-refractivity contribution is 6.02. The van der Waals surface area contributed by atoms with Crippen molar-refractivity contribution in [2.45, 2.75) is 6.92 Å². The number of H-pyrrole nitrogens is 1. The Labute approximate surface area is 131 Å². The number of rotatable bonds is 2. The smallest absolute Gasteiger partial charge is 0.280 e. The first-order valence-corrected chi connectivity index (χ1v) is 7.18. The number of fused-ring (bicyclic) bond motifs is 3. The van der Waals surface area contributed by atoms with Gasteiger partial charge in [-0.3, -0.25) is 19.9 Å². The van der Waals surface area contributed by atoms with Gasteiger partial charge in [0.2, 0.25) is 0 Å². The van der Waals surface area contributed by atoms with Crippen molar-refractivity contribution in [3.63, 3.8) is 0 Å². The number of methoxy groups -OCH3 is 1. The third kappa shape index (κ3) is 2.07. The van der Waals surface area contributed by atoms with E-state index in [1.54, 1.807) is 19.5 Å². The van der Waals surface area contributed by atoms with Gasteiger partial charge in [-0.2, -0.15) is 0 Å². The molecule has 0 aliphatic carbocycles. The molecule has 0 fully saturated rings. The van der Waals surface area contributed by atoms with E-state index in [1.165, 1.54) is 4.68 Å². The number of nitrogens with one attached hydrogen (secondary N) is 1. The maximum Gasteiger partial charge on any atom is 0.280 e. The maximum absolute atomic E-state index is 12.6. The lowest BCUT2D eigenvalue weighted by atomic mass is 10.2. The number of aromatic amines is 1. The summed E-state index contributed by atoms with van der Waals surface area (Å²) in [6.45, 7) is 1.91. The Morgan fingerprint density at radius 1 is 1.09 bits per heavy atom. The van der Waals surface area contributed by atoms with Gasteiger partial charge in [0, 0.05) is 23.5 Å². The van der Waals surface area contributed by atoms with Gasteiger partial charge in [-0.1, -0.05) is 0 Å². The van der Waals surface area contributed by atoms with Gasteiger partial charge in [0.25, 0.3) is 5.56 Å². The average molecular weight is 306 g/mol. The monoisotopic (exact) mass is 306 g/mol. The van der Waals surface area contributed by atoms with Crippen LogP contribution in [0.3, 0.4) is 0 Å². The fourth-order valence-electron chi connectivity index (χ4n) is 2.67. The highest BCUT2D eigenvalue weighted by Gasteiger charge is 2.12. The van der Waals surface area contributed by atoms with Crippen molar-refractivity contribution in [3.8, 4) is 11.4 Å². The Hall–Kier alpha value is -3.15. The van der Waals surface area contributed by atoms with Crippen molar-refractivity contribution in [1.29, 1.82) is 0 Å². The van der Waals surface area contributed by atoms with Crippen LogP contribution in [0.2, 0.25) is 0 Å². The minimum absolute atomic E-state index is 0.139. The van der Waals surface area contributed by atoms with E-state index in [-0.39, 0.29) is 5.56 Å². The summed E-state index contributed by atoms with van der Waals surface area (Å²) in [5, 5.41) is 4.54. The summed E-state index contributed by atoms with van der Waals surface area (Å²) in [6.07, 6.45) is 3.35. The second kappa shape index (κ2) is 4.95. The first kappa shape index (κ1) is 13.5. The van der Waals surface area contributed by atoms with Crippen LogP contribution >= 0.6 is 0 Å². The second-order valence-corrected chi connectivity index (χ2v) is 5.34. The van der Waals surface area contributed by atoms with Crippen LogP contribution in [-0.2, 0) is 0 Å². The fourth-order valence-corrected chi connectivity index (χ4v) is 2.67. The molecule has 0 saturated carbocycles. The summed E-state index contributed by atoms with van der Waals surface area (Å²) in [5.41, 5.74) is 3.04. The summed E-state index contributed by atoms with van der Waals surface area (Å²) < 4.78 is 6.65. The van der Waals surface area contributed by atoms with Gasteiger partial charge in [-0.05, 0) is 37.3 Å². The summed E-state index contributed by atoms with van der Waals surface area (Å²) in [4.78, 5) is 21.3. The normalized spacial score (nSPS) is 11.2. The van der Waals surface area contributed by atoms with Crippen molar-refractivity contribution in [2.75, 3.05) is 7.11 Å². The standard InChI is InChI=1S/C17H14N4O2/c1-10-7-15-13(8-18-10)16-14(9-19-15)17(22)21(20-16)11-3-5-12(23-2)6-4-11/h3-9,20H,1-2H3. The zero-order valence-electron chi connectivity index (χ0n) is 12.7. The SMILES string of the molecule is COc1ccc(-n2[nH]c3c(cnc4cc(C)ncc43)c2=O)cc1. The fraction of sp³-hybridized carbons (Fsp3) is 0.118. The van der Waals surface area contributed by atoms with Gasteiger partial charge in [0.05, 0.1) is 29.2 Å². The first-order valence-electron chi connectivity index (χ1n) is 7.18. The number of aryl methyl sites for hydroxylation is 1. The van der Waals surface area contributed by atoms with Crippen molar-refractivity contribution in [3.05, 3.63) is 58.8 Å². The van der Waals surface area contributed by atoms with E-state index in [2.05, 4.69) is 15.1 Å². The Balaban J connectivity index is 1.99. The number of benzene rings is 1. The number of aromatic nitrogens is 4. The quantitative estimate of drug-likeness (QED) is 0.618. The molecule has 0 radical (unpaired) electrons. The number of pyridine rings is 2. The lowest BCUT2D eigenvalue weighted by molar-refractivity contribution is 0.414. The molecule has 1 aromatic carbocycles. The molecule has 4 aromatic rings. The molecule has 0 aliphatic heterocycles. The van der Waals surface area contributed by atoms with E-state index in [0.717, 1.165) is 33.6 Å². The molecule has 0 aliphatic rings. The number of ether oxygens (including phenoxy) is 1. The molecule has 6 nitrogen and oxygen atoms in total. The highest BCUT2D eigenvalue weighted by atomic mass is 16.5. The second-order valence-electron chi connectivity index (χ2n) is 5.34. The average Bonchev–Trinajstić information content (AvgIpc) is 2.92. The molecule has 114 valence electrons. The summed E-state index contributed by atoms with van der Waals surface area (Å²) in [6, 6.07) is 9.18. The molecule has 6 heteroatoms. The zero-order valence-corrected chi connectivity index (χ0v) is 12.7. The third-order valence-electron chi connectivity index (χ3n) is 3.88. The molecule has 0 atom stereocenters. The number of hydrogen-bond donors (Lipinski definition) is 1. The predicted molar refractivity (Wildman–Crippen MR) is 88.3 cm³/mol. The van der Waals surface area contributed by atoms with Gasteiger partial charge in [0.15, 0.2) is 0 Å². The van der Waals surface area contributed by atoms with Crippen LogP contribution in [0, 0.1) is 6.92 Å². The van der Waals surface area contributed by atoms with Crippen LogP contribution < -0.4 is 10.3 Å². The molecule has 23 heavy (non-hydrogen) atoms. The number of nitrogens with zero attached hydrogens (tertiary/aromatic N) is 3. The Bertz CT molecular complexity index is 1080. The molecular formula is C17H14N4O2. The highest BCUT2D eigenvalue weighted by Crippen LogP contribution is 2.21. The Morgan fingerprint density at radius 2 is 1.83 bits per heavy atom. The van der Waals surface area contributed by atoms with Gasteiger partial charge in [-0.25, -0.2) is 4.68 Å². The van der Waals surface area contributed by atoms with Crippen molar-refractivity contribution in [2.24, 2.45) is 0 Å². The molecule has 0 saturated heterocycles. The van der Waals surface area contributed by atoms with E-state index < -0.39 is 0 Å². The van der Waals surface area contributed by atoms with Crippen LogP contribution in [-0.4, -0.2) is 26.9 Å². The molecule has 4 rings (SSSR count). The lowest BCUT2D eigenvalue weighted by Crippen LogP contribution is -2.14. The van der Waals surface area contributed by atoms with Gasteiger partial charge >= 0.3 is 0 Å². The largest absolute Gasteiger partial charge is 0.497 e. The topological polar surface area (TPSA) is 72.8 Å². The summed E-state index contributed by atoms with van der Waals surface area (Å²) in [5.74, 6) is 0.740. The van der Waals surface area contributed by atoms with Gasteiger partial charge < -0.3 is 4.74 Å². The van der Waals surface area contributed by atoms with Crippen molar-refractivity contribution < 1.29 is 4.74 Å². The van der Waals surface area contributed by atoms with Crippen LogP contribution in [0.1, 0.15) is 5.69 Å². The van der Waals surface area contributed by atoms with E-state index in [9.17, 15) is 4.79 Å². The molecule has 0 amide bonds. The van der Waals surface area contributed by atoms with Crippen molar-refractivity contribution >= 4 is 21.8 Å². The molecule has 3 aromatic heterocycles. The Morgan fingerprint density at radius 3 is 2.57 bits per heavy atom. The maximum atomic E-state index is 12.6. The van der Waals surface area contributed by atoms with Crippen molar-refractivity contribution in [1.82, 2.24) is 19.7 Å². The molecule has 3 heterocycles. The van der Waals surface area contributed by atoms with E-state index in [0.29, 0.717) is 5.39 Å². The van der Waals surface area contributed by atoms with Crippen LogP contribution in [0.4, 0.5) is 0 Å². The lowest BCUT2D eigenvalue weighted by Gasteiger charge is -2.03. The third-order valence-corrected chi connectivity index (χ3v) is 3.88. The minimum Gasteiger partial charge on any atom is -0.497 e. The van der Waals surface area contributed by atoms with E-state index in [1.807, 2.05) is 37.3 Å². The minimum atomic E-state index is -0.139. The van der Waals surface area contributed by atoms with Gasteiger partial charge in [0.1, 0.15) is 5.75 Å². The first-order chi connectivity index (χ1) is 11.2. The van der Waals surface area contributed by atoms with Crippen LogP contribution in [0.15, 0.2) is 47.5 Å². The molecule has 0 spiro atoms. The zero-order chi connectivity index (χ0) is 16.0.